The summed E-state index contributed by atoms with van der Waals surface area (Å²) < 4.78 is 16.5. The van der Waals surface area contributed by atoms with E-state index >= 15 is 0 Å². The van der Waals surface area contributed by atoms with Crippen molar-refractivity contribution >= 4 is 10.8 Å². The Balaban J connectivity index is 1.66. The average Bonchev–Trinajstić information content (AvgIpc) is 2.66. The maximum atomic E-state index is 11.5. The van der Waals surface area contributed by atoms with Gasteiger partial charge in [0.25, 0.3) is 0 Å². The summed E-state index contributed by atoms with van der Waals surface area (Å²) in [4.78, 5) is 0. The molecule has 0 aromatic carbocycles. The van der Waals surface area contributed by atoms with Crippen molar-refractivity contribution in [2.75, 3.05) is 18.1 Å². The van der Waals surface area contributed by atoms with Crippen LogP contribution in [0.4, 0.5) is 0 Å². The lowest BCUT2D eigenvalue weighted by atomic mass is 10.1. The van der Waals surface area contributed by atoms with Crippen LogP contribution in [0.15, 0.2) is 0 Å². The first-order valence-electron chi connectivity index (χ1n) is 4.81. The molecule has 1 heterocycles. The van der Waals surface area contributed by atoms with E-state index in [0.717, 1.165) is 24.0 Å². The number of ether oxygens (including phenoxy) is 1. The third kappa shape index (κ3) is 2.56. The maximum Gasteiger partial charge on any atom is 0.0924 e. The van der Waals surface area contributed by atoms with Crippen LogP contribution in [0.25, 0.3) is 0 Å². The van der Waals surface area contributed by atoms with Gasteiger partial charge in [-0.3, -0.25) is 4.21 Å². The van der Waals surface area contributed by atoms with Crippen molar-refractivity contribution in [1.29, 1.82) is 0 Å². The molecule has 0 bridgehead atoms. The highest BCUT2D eigenvalue weighted by Gasteiger charge is 2.26. The molecule has 1 saturated carbocycles. The van der Waals surface area contributed by atoms with Crippen molar-refractivity contribution in [1.82, 2.24) is 0 Å². The lowest BCUT2D eigenvalue weighted by Crippen LogP contribution is -2.13. The van der Waals surface area contributed by atoms with Crippen molar-refractivity contribution in [3.05, 3.63) is 0 Å². The predicted molar refractivity (Wildman–Crippen MR) is 49.6 cm³/mol. The minimum Gasteiger partial charge on any atom is -0.372 e. The fraction of sp³-hybridized carbons (Fsp3) is 1.00. The highest BCUT2D eigenvalue weighted by atomic mass is 32.2. The topological polar surface area (TPSA) is 29.6 Å². The van der Waals surface area contributed by atoms with E-state index in [1.165, 1.54) is 25.7 Å². The Labute approximate surface area is 76.1 Å². The molecule has 0 amide bonds. The molecule has 12 heavy (non-hydrogen) atoms. The number of epoxide rings is 1. The Morgan fingerprint density at radius 3 is 2.50 bits per heavy atom. The first-order valence-corrected chi connectivity index (χ1v) is 6.30. The first-order chi connectivity index (χ1) is 5.84. The molecule has 2 fully saturated rings. The van der Waals surface area contributed by atoms with Gasteiger partial charge in [0.15, 0.2) is 0 Å². The smallest absolute Gasteiger partial charge is 0.0924 e. The number of hydrogen-bond donors (Lipinski definition) is 0. The summed E-state index contributed by atoms with van der Waals surface area (Å²) in [6, 6.07) is 0. The van der Waals surface area contributed by atoms with Gasteiger partial charge in [-0.2, -0.15) is 0 Å². The van der Waals surface area contributed by atoms with E-state index in [1.54, 1.807) is 0 Å². The number of hydrogen-bond acceptors (Lipinski definition) is 2. The minimum absolute atomic E-state index is 0.340. The van der Waals surface area contributed by atoms with Crippen LogP contribution in [0, 0.1) is 5.92 Å². The molecule has 2 aliphatic rings. The molecule has 0 spiro atoms. The maximum absolute atomic E-state index is 11.5. The molecule has 2 nitrogen and oxygen atoms in total. The van der Waals surface area contributed by atoms with E-state index in [9.17, 15) is 4.21 Å². The molecular formula is C9H16O2S. The fourth-order valence-corrected chi connectivity index (χ4v) is 3.48. The molecule has 0 aromatic rings. The van der Waals surface area contributed by atoms with Gasteiger partial charge in [-0.05, 0) is 18.8 Å². The van der Waals surface area contributed by atoms with Crippen molar-refractivity contribution in [3.63, 3.8) is 0 Å². The molecule has 2 atom stereocenters. The summed E-state index contributed by atoms with van der Waals surface area (Å²) >= 11 is 0. The molecule has 0 N–H and O–H groups in total. The largest absolute Gasteiger partial charge is 0.372 e. The lowest BCUT2D eigenvalue weighted by Gasteiger charge is -2.06. The van der Waals surface area contributed by atoms with Crippen LogP contribution >= 0.6 is 0 Å². The van der Waals surface area contributed by atoms with E-state index in [4.69, 9.17) is 4.74 Å². The van der Waals surface area contributed by atoms with Gasteiger partial charge in [0, 0.05) is 16.6 Å². The van der Waals surface area contributed by atoms with Crippen LogP contribution < -0.4 is 0 Å². The quantitative estimate of drug-likeness (QED) is 0.623. The Kier molecular flexibility index (Phi) is 2.81. The van der Waals surface area contributed by atoms with Crippen LogP contribution in [0.2, 0.25) is 0 Å². The van der Waals surface area contributed by atoms with Gasteiger partial charge in [-0.25, -0.2) is 0 Å². The normalized spacial score (nSPS) is 32.2. The lowest BCUT2D eigenvalue weighted by molar-refractivity contribution is 0.424. The van der Waals surface area contributed by atoms with Crippen LogP contribution in [0.1, 0.15) is 25.7 Å². The number of rotatable bonds is 4. The van der Waals surface area contributed by atoms with E-state index in [1.807, 2.05) is 0 Å². The Morgan fingerprint density at radius 1 is 1.25 bits per heavy atom. The summed E-state index contributed by atoms with van der Waals surface area (Å²) in [5.41, 5.74) is 0. The summed E-state index contributed by atoms with van der Waals surface area (Å²) in [6.45, 7) is 0.844. The first kappa shape index (κ1) is 8.70. The van der Waals surface area contributed by atoms with Gasteiger partial charge in [0.1, 0.15) is 0 Å². The molecule has 2 rings (SSSR count). The van der Waals surface area contributed by atoms with Gasteiger partial charge in [-0.1, -0.05) is 12.8 Å². The Morgan fingerprint density at radius 2 is 1.92 bits per heavy atom. The van der Waals surface area contributed by atoms with Crippen LogP contribution in [-0.4, -0.2) is 28.4 Å². The molecule has 3 heteroatoms. The van der Waals surface area contributed by atoms with Gasteiger partial charge >= 0.3 is 0 Å². The Hall–Kier alpha value is 0.110. The molecule has 2 unspecified atom stereocenters. The molecule has 1 saturated heterocycles. The van der Waals surface area contributed by atoms with Gasteiger partial charge < -0.3 is 4.74 Å². The van der Waals surface area contributed by atoms with E-state index in [0.29, 0.717) is 6.10 Å². The van der Waals surface area contributed by atoms with E-state index < -0.39 is 10.8 Å². The summed E-state index contributed by atoms with van der Waals surface area (Å²) in [7, 11) is -0.602. The second-order valence-corrected chi connectivity index (χ2v) is 5.43. The zero-order valence-corrected chi connectivity index (χ0v) is 8.15. The van der Waals surface area contributed by atoms with Crippen LogP contribution in [0.3, 0.4) is 0 Å². The molecule has 0 aromatic heterocycles. The third-order valence-electron chi connectivity index (χ3n) is 2.67. The fourth-order valence-electron chi connectivity index (χ4n) is 1.88. The molecule has 1 aliphatic heterocycles. The van der Waals surface area contributed by atoms with Crippen LogP contribution in [0.5, 0.6) is 0 Å². The average molecular weight is 188 g/mol. The van der Waals surface area contributed by atoms with Gasteiger partial charge in [0.05, 0.1) is 18.5 Å². The van der Waals surface area contributed by atoms with E-state index in [2.05, 4.69) is 0 Å². The van der Waals surface area contributed by atoms with Crippen LogP contribution in [-0.2, 0) is 15.5 Å². The second kappa shape index (κ2) is 3.88. The minimum atomic E-state index is -0.602. The highest BCUT2D eigenvalue weighted by molar-refractivity contribution is 7.85. The SMILES string of the molecule is O=S(CC1CCCC1)CC1CO1. The monoisotopic (exact) mass is 188 g/mol. The second-order valence-electron chi connectivity index (χ2n) is 3.88. The Bertz CT molecular complexity index is 171. The zero-order chi connectivity index (χ0) is 8.39. The molecule has 0 radical (unpaired) electrons. The standard InChI is InChI=1S/C9H16O2S/c10-12(7-9-5-11-9)6-8-3-1-2-4-8/h8-9H,1-7H2. The summed E-state index contributed by atoms with van der Waals surface area (Å²) in [5, 5.41) is 0. The predicted octanol–water partition coefficient (Wildman–Crippen LogP) is 1.32. The van der Waals surface area contributed by atoms with Crippen molar-refractivity contribution in [2.24, 2.45) is 5.92 Å². The van der Waals surface area contributed by atoms with Crippen molar-refractivity contribution in [3.8, 4) is 0 Å². The van der Waals surface area contributed by atoms with Crippen molar-refractivity contribution < 1.29 is 8.95 Å². The molecular weight excluding hydrogens is 172 g/mol. The third-order valence-corrected chi connectivity index (χ3v) is 4.26. The zero-order valence-electron chi connectivity index (χ0n) is 7.33. The summed E-state index contributed by atoms with van der Waals surface area (Å²) in [5.74, 6) is 2.47. The van der Waals surface area contributed by atoms with Gasteiger partial charge in [-0.15, -0.1) is 0 Å². The summed E-state index contributed by atoms with van der Waals surface area (Å²) in [6.07, 6.45) is 5.64. The van der Waals surface area contributed by atoms with E-state index in [-0.39, 0.29) is 0 Å². The molecule has 1 aliphatic carbocycles. The molecule has 70 valence electrons. The highest BCUT2D eigenvalue weighted by Crippen LogP contribution is 2.25. The van der Waals surface area contributed by atoms with Gasteiger partial charge in [0.2, 0.25) is 0 Å². The van der Waals surface area contributed by atoms with Crippen molar-refractivity contribution in [2.45, 2.75) is 31.8 Å².